The molecule has 8 nitrogen and oxygen atoms in total. The van der Waals surface area contributed by atoms with Crippen molar-refractivity contribution in [3.05, 3.63) is 33.3 Å². The normalized spacial score (nSPS) is 9.26. The first kappa shape index (κ1) is 14.4. The van der Waals surface area contributed by atoms with Crippen LogP contribution in [0.25, 0.3) is 0 Å². The van der Waals surface area contributed by atoms with Crippen molar-refractivity contribution >= 4 is 34.8 Å². The molecule has 0 radical (unpaired) electrons. The summed E-state index contributed by atoms with van der Waals surface area (Å²) in [7, 11) is 0. The molecule has 0 aliphatic heterocycles. The van der Waals surface area contributed by atoms with Gasteiger partial charge in [0.05, 0.1) is 21.7 Å². The molecule has 0 fully saturated rings. The van der Waals surface area contributed by atoms with E-state index >= 15 is 0 Å². The van der Waals surface area contributed by atoms with Crippen LogP contribution in [0.1, 0.15) is 0 Å². The van der Waals surface area contributed by atoms with E-state index in [0.29, 0.717) is 0 Å². The molecular weight excluding hydrogens is 276 g/mol. The number of halogens is 1. The van der Waals surface area contributed by atoms with Crippen molar-refractivity contribution in [1.82, 2.24) is 5.32 Å². The van der Waals surface area contributed by atoms with E-state index in [1.165, 1.54) is 6.07 Å². The molecule has 1 aromatic carbocycles. The number of hydrogen-bond donors (Lipinski definition) is 2. The minimum atomic E-state index is -1.07. The third kappa shape index (κ3) is 3.93. The van der Waals surface area contributed by atoms with E-state index in [0.717, 1.165) is 12.1 Å². The van der Waals surface area contributed by atoms with Crippen LogP contribution >= 0.6 is 11.6 Å². The van der Waals surface area contributed by atoms with E-state index in [1.54, 1.807) is 6.07 Å². The SMILES string of the molecule is N#CCNC(=O)C(=O)Nc1cc([N+](=O)[O-])ccc1Cl. The number of carbonyl (C=O) groups is 2. The molecule has 2 N–H and O–H groups in total. The second-order valence-corrected chi connectivity index (χ2v) is 3.62. The first-order valence-electron chi connectivity index (χ1n) is 4.85. The highest BCUT2D eigenvalue weighted by Gasteiger charge is 2.16. The predicted octanol–water partition coefficient (Wildman–Crippen LogP) is 0.826. The molecule has 0 aliphatic rings. The molecule has 0 spiro atoms. The molecule has 19 heavy (non-hydrogen) atoms. The molecule has 9 heteroatoms. The van der Waals surface area contributed by atoms with E-state index in [9.17, 15) is 19.7 Å². The van der Waals surface area contributed by atoms with Crippen LogP contribution in [0.15, 0.2) is 18.2 Å². The van der Waals surface area contributed by atoms with Gasteiger partial charge in [0.1, 0.15) is 6.54 Å². The van der Waals surface area contributed by atoms with Crippen molar-refractivity contribution in [2.24, 2.45) is 0 Å². The Labute approximate surface area is 112 Å². The number of non-ortho nitro benzene ring substituents is 1. The highest BCUT2D eigenvalue weighted by atomic mass is 35.5. The monoisotopic (exact) mass is 282 g/mol. The van der Waals surface area contributed by atoms with Gasteiger partial charge in [0.15, 0.2) is 0 Å². The lowest BCUT2D eigenvalue weighted by Gasteiger charge is -2.06. The molecule has 98 valence electrons. The molecule has 2 amide bonds. The van der Waals surface area contributed by atoms with Crippen molar-refractivity contribution in [2.75, 3.05) is 11.9 Å². The van der Waals surface area contributed by atoms with Crippen molar-refractivity contribution < 1.29 is 14.5 Å². The zero-order valence-corrected chi connectivity index (χ0v) is 10.1. The predicted molar refractivity (Wildman–Crippen MR) is 65.4 cm³/mol. The quantitative estimate of drug-likeness (QED) is 0.367. The average molecular weight is 283 g/mol. The van der Waals surface area contributed by atoms with Crippen LogP contribution in [0.3, 0.4) is 0 Å². The minimum Gasteiger partial charge on any atom is -0.335 e. The molecule has 0 aliphatic carbocycles. The molecule has 1 rings (SSSR count). The number of anilines is 1. The minimum absolute atomic E-state index is 0.0482. The fourth-order valence-electron chi connectivity index (χ4n) is 1.10. The summed E-state index contributed by atoms with van der Waals surface area (Å²) < 4.78 is 0. The number of benzene rings is 1. The molecule has 0 unspecified atom stereocenters. The summed E-state index contributed by atoms with van der Waals surface area (Å²) in [6.45, 7) is -0.324. The summed E-state index contributed by atoms with van der Waals surface area (Å²) in [5.74, 6) is -2.11. The fourth-order valence-corrected chi connectivity index (χ4v) is 1.27. The van der Waals surface area contributed by atoms with Gasteiger partial charge in [0, 0.05) is 12.1 Å². The van der Waals surface area contributed by atoms with Crippen molar-refractivity contribution in [3.63, 3.8) is 0 Å². The van der Waals surface area contributed by atoms with Crippen LogP contribution in [0.2, 0.25) is 5.02 Å². The number of nitro benzene ring substituents is 1. The number of nitro groups is 1. The topological polar surface area (TPSA) is 125 Å². The number of nitriles is 1. The lowest BCUT2D eigenvalue weighted by atomic mass is 10.2. The number of hydrogen-bond acceptors (Lipinski definition) is 5. The largest absolute Gasteiger partial charge is 0.335 e. The fraction of sp³-hybridized carbons (Fsp3) is 0.100. The molecule has 1 aromatic rings. The third-order valence-electron chi connectivity index (χ3n) is 1.94. The lowest BCUT2D eigenvalue weighted by Crippen LogP contribution is -2.35. The van der Waals surface area contributed by atoms with Gasteiger partial charge < -0.3 is 10.6 Å². The number of carbonyl (C=O) groups excluding carboxylic acids is 2. The Kier molecular flexibility index (Phi) is 4.79. The van der Waals surface area contributed by atoms with Crippen LogP contribution in [0, 0.1) is 21.4 Å². The summed E-state index contributed by atoms with van der Waals surface area (Å²) >= 11 is 5.73. The Hall–Kier alpha value is -2.66. The standard InChI is InChI=1S/C10H7ClN4O4/c11-7-2-1-6(15(18)19)5-8(7)14-10(17)9(16)13-4-3-12/h1-2,5H,4H2,(H,13,16)(H,14,17). The van der Waals surface area contributed by atoms with Gasteiger partial charge >= 0.3 is 11.8 Å². The average Bonchev–Trinajstić information content (AvgIpc) is 2.38. The maximum Gasteiger partial charge on any atom is 0.313 e. The zero-order chi connectivity index (χ0) is 14.4. The first-order valence-corrected chi connectivity index (χ1v) is 5.23. The first-order chi connectivity index (χ1) is 8.95. The lowest BCUT2D eigenvalue weighted by molar-refractivity contribution is -0.384. The summed E-state index contributed by atoms with van der Waals surface area (Å²) in [6, 6.07) is 5.04. The number of rotatable bonds is 3. The zero-order valence-electron chi connectivity index (χ0n) is 9.34. The Bertz CT molecular complexity index is 581. The van der Waals surface area contributed by atoms with E-state index in [-0.39, 0.29) is 22.9 Å². The molecule has 0 heterocycles. The van der Waals surface area contributed by atoms with E-state index in [4.69, 9.17) is 16.9 Å². The molecule has 0 bridgehead atoms. The van der Waals surface area contributed by atoms with Gasteiger partial charge in [-0.1, -0.05) is 11.6 Å². The van der Waals surface area contributed by atoms with Gasteiger partial charge in [-0.2, -0.15) is 5.26 Å². The molecule has 0 atom stereocenters. The van der Waals surface area contributed by atoms with Gasteiger partial charge in [0.25, 0.3) is 5.69 Å². The summed E-state index contributed by atoms with van der Waals surface area (Å²) in [6.07, 6.45) is 0. The highest BCUT2D eigenvalue weighted by Crippen LogP contribution is 2.26. The Balaban J connectivity index is 2.84. The Morgan fingerprint density at radius 3 is 2.68 bits per heavy atom. The van der Waals surface area contributed by atoms with Gasteiger partial charge in [-0.25, -0.2) is 0 Å². The maximum absolute atomic E-state index is 11.4. The Morgan fingerprint density at radius 1 is 1.42 bits per heavy atom. The number of amides is 2. The summed E-state index contributed by atoms with van der Waals surface area (Å²) in [4.78, 5) is 32.5. The van der Waals surface area contributed by atoms with Crippen LogP contribution in [-0.4, -0.2) is 23.3 Å². The summed E-state index contributed by atoms with van der Waals surface area (Å²) in [5, 5.41) is 23.0. The highest BCUT2D eigenvalue weighted by molar-refractivity contribution is 6.41. The molecule has 0 saturated heterocycles. The van der Waals surface area contributed by atoms with Crippen molar-refractivity contribution in [2.45, 2.75) is 0 Å². The number of nitrogens with zero attached hydrogens (tertiary/aromatic N) is 2. The second kappa shape index (κ2) is 6.32. The van der Waals surface area contributed by atoms with Crippen LogP contribution in [0.4, 0.5) is 11.4 Å². The van der Waals surface area contributed by atoms with E-state index < -0.39 is 16.7 Å². The van der Waals surface area contributed by atoms with Crippen molar-refractivity contribution in [1.29, 1.82) is 5.26 Å². The van der Waals surface area contributed by atoms with Crippen molar-refractivity contribution in [3.8, 4) is 6.07 Å². The van der Waals surface area contributed by atoms with Gasteiger partial charge in [-0.3, -0.25) is 19.7 Å². The maximum atomic E-state index is 11.4. The Morgan fingerprint density at radius 2 is 2.11 bits per heavy atom. The molecule has 0 saturated carbocycles. The van der Waals surface area contributed by atoms with Gasteiger partial charge in [-0.05, 0) is 6.07 Å². The smallest absolute Gasteiger partial charge is 0.313 e. The van der Waals surface area contributed by atoms with Gasteiger partial charge in [0.2, 0.25) is 0 Å². The summed E-state index contributed by atoms with van der Waals surface area (Å²) in [5.41, 5.74) is -0.342. The van der Waals surface area contributed by atoms with E-state index in [1.807, 2.05) is 5.32 Å². The third-order valence-corrected chi connectivity index (χ3v) is 2.27. The van der Waals surface area contributed by atoms with Crippen LogP contribution in [0.5, 0.6) is 0 Å². The van der Waals surface area contributed by atoms with Gasteiger partial charge in [-0.15, -0.1) is 0 Å². The number of nitrogens with one attached hydrogen (secondary N) is 2. The molecular formula is C10H7ClN4O4. The second-order valence-electron chi connectivity index (χ2n) is 3.22. The van der Waals surface area contributed by atoms with E-state index in [2.05, 4.69) is 5.32 Å². The van der Waals surface area contributed by atoms with Crippen LogP contribution < -0.4 is 10.6 Å². The molecule has 0 aromatic heterocycles. The van der Waals surface area contributed by atoms with Crippen LogP contribution in [-0.2, 0) is 9.59 Å².